The lowest BCUT2D eigenvalue weighted by Crippen LogP contribution is -2.43. The number of nitrogens with zero attached hydrogens (tertiary/aromatic N) is 1. The summed E-state index contributed by atoms with van der Waals surface area (Å²) in [5, 5.41) is 7.97. The molecule has 1 atom stereocenters. The van der Waals surface area contributed by atoms with Gasteiger partial charge in [0.15, 0.2) is 0 Å². The van der Waals surface area contributed by atoms with Crippen LogP contribution in [0.3, 0.4) is 0 Å². The lowest BCUT2D eigenvalue weighted by atomic mass is 9.96. The molecule has 3 N–H and O–H groups in total. The molecule has 1 heterocycles. The summed E-state index contributed by atoms with van der Waals surface area (Å²) in [6.07, 6.45) is 0.729. The fourth-order valence-corrected chi connectivity index (χ4v) is 5.46. The van der Waals surface area contributed by atoms with Crippen LogP contribution in [0.4, 0.5) is 4.39 Å². The summed E-state index contributed by atoms with van der Waals surface area (Å²) in [6, 6.07) is 10.2. The number of halogens is 1. The zero-order chi connectivity index (χ0) is 22.8. The number of sulfonamides is 2. The monoisotopic (exact) mass is 469 g/mol. The van der Waals surface area contributed by atoms with E-state index in [1.165, 1.54) is 28.6 Å². The largest absolute Gasteiger partial charge is 0.349 e. The molecule has 0 unspecified atom stereocenters. The molecule has 2 aromatic rings. The summed E-state index contributed by atoms with van der Waals surface area (Å²) in [7, 11) is -7.52. The number of hydrogen-bond donors (Lipinski definition) is 2. The van der Waals surface area contributed by atoms with Crippen LogP contribution in [0.1, 0.15) is 31.4 Å². The Kier molecular flexibility index (Phi) is 6.79. The van der Waals surface area contributed by atoms with Gasteiger partial charge in [-0.1, -0.05) is 12.1 Å². The van der Waals surface area contributed by atoms with Crippen LogP contribution in [0.2, 0.25) is 0 Å². The van der Waals surface area contributed by atoms with Gasteiger partial charge in [-0.15, -0.1) is 0 Å². The summed E-state index contributed by atoms with van der Waals surface area (Å²) >= 11 is 0. The van der Waals surface area contributed by atoms with Gasteiger partial charge in [0.1, 0.15) is 5.82 Å². The number of benzene rings is 2. The maximum atomic E-state index is 13.1. The lowest BCUT2D eigenvalue weighted by molar-refractivity contribution is -0.126. The lowest BCUT2D eigenvalue weighted by Gasteiger charge is -2.31. The molecule has 1 saturated heterocycles. The van der Waals surface area contributed by atoms with Crippen LogP contribution in [-0.4, -0.2) is 40.1 Å². The number of carbonyl (C=O) groups is 1. The predicted molar refractivity (Wildman–Crippen MR) is 112 cm³/mol. The molecule has 168 valence electrons. The van der Waals surface area contributed by atoms with E-state index in [1.807, 2.05) is 0 Å². The smallest absolute Gasteiger partial charge is 0.243 e. The van der Waals surface area contributed by atoms with Crippen molar-refractivity contribution in [2.45, 2.75) is 35.6 Å². The van der Waals surface area contributed by atoms with Crippen LogP contribution in [0.15, 0.2) is 58.3 Å². The highest BCUT2D eigenvalue weighted by Gasteiger charge is 2.32. The highest BCUT2D eigenvalue weighted by Crippen LogP contribution is 2.25. The topological polar surface area (TPSA) is 127 Å². The maximum absolute atomic E-state index is 13.1. The molecule has 1 aliphatic heterocycles. The van der Waals surface area contributed by atoms with E-state index in [0.717, 1.165) is 17.7 Å². The average Bonchev–Trinajstić information content (AvgIpc) is 2.73. The van der Waals surface area contributed by atoms with E-state index in [1.54, 1.807) is 19.1 Å². The van der Waals surface area contributed by atoms with Gasteiger partial charge in [0, 0.05) is 19.0 Å². The van der Waals surface area contributed by atoms with Crippen molar-refractivity contribution in [2.24, 2.45) is 11.1 Å². The summed E-state index contributed by atoms with van der Waals surface area (Å²) in [4.78, 5) is 12.6. The molecule has 11 heteroatoms. The minimum Gasteiger partial charge on any atom is -0.349 e. The third kappa shape index (κ3) is 5.48. The molecule has 1 fully saturated rings. The molecule has 0 aliphatic carbocycles. The maximum Gasteiger partial charge on any atom is 0.243 e. The molecule has 0 saturated carbocycles. The second-order valence-electron chi connectivity index (χ2n) is 7.48. The molecule has 3 rings (SSSR count). The summed E-state index contributed by atoms with van der Waals surface area (Å²) in [6.45, 7) is 2.16. The average molecular weight is 470 g/mol. The van der Waals surface area contributed by atoms with Gasteiger partial charge in [-0.3, -0.25) is 4.79 Å². The van der Waals surface area contributed by atoms with Gasteiger partial charge in [-0.25, -0.2) is 26.4 Å². The van der Waals surface area contributed by atoms with Crippen molar-refractivity contribution in [2.75, 3.05) is 13.1 Å². The Bertz CT molecular complexity index is 1140. The zero-order valence-corrected chi connectivity index (χ0v) is 18.5. The van der Waals surface area contributed by atoms with E-state index in [-0.39, 0.29) is 40.7 Å². The minimum atomic E-state index is -3.78. The fraction of sp³-hybridized carbons (Fsp3) is 0.350. The van der Waals surface area contributed by atoms with Gasteiger partial charge in [0.2, 0.25) is 26.0 Å². The number of rotatable bonds is 6. The number of nitrogens with one attached hydrogen (secondary N) is 1. The van der Waals surface area contributed by atoms with Gasteiger partial charge in [-0.05, 0) is 61.7 Å². The van der Waals surface area contributed by atoms with Crippen molar-refractivity contribution in [3.8, 4) is 0 Å². The second-order valence-corrected chi connectivity index (χ2v) is 11.0. The van der Waals surface area contributed by atoms with Crippen molar-refractivity contribution in [1.82, 2.24) is 9.62 Å². The molecule has 0 radical (unpaired) electrons. The van der Waals surface area contributed by atoms with Crippen molar-refractivity contribution < 1.29 is 26.0 Å². The van der Waals surface area contributed by atoms with Gasteiger partial charge in [-0.2, -0.15) is 4.31 Å². The van der Waals surface area contributed by atoms with Crippen molar-refractivity contribution in [3.05, 3.63) is 59.9 Å². The summed E-state index contributed by atoms with van der Waals surface area (Å²) in [5.74, 6) is -1.05. The molecule has 0 bridgehead atoms. The van der Waals surface area contributed by atoms with Crippen LogP contribution >= 0.6 is 0 Å². The number of hydrogen-bond acceptors (Lipinski definition) is 5. The van der Waals surface area contributed by atoms with Crippen molar-refractivity contribution in [1.29, 1.82) is 0 Å². The molecule has 2 aromatic carbocycles. The first-order valence-electron chi connectivity index (χ1n) is 9.67. The highest BCUT2D eigenvalue weighted by molar-refractivity contribution is 7.89. The second kappa shape index (κ2) is 9.03. The van der Waals surface area contributed by atoms with Gasteiger partial charge < -0.3 is 5.32 Å². The van der Waals surface area contributed by atoms with Crippen molar-refractivity contribution >= 4 is 26.0 Å². The Morgan fingerprint density at radius 1 is 1.00 bits per heavy atom. The van der Waals surface area contributed by atoms with Crippen LogP contribution < -0.4 is 10.5 Å². The third-order valence-corrected chi connectivity index (χ3v) is 8.19. The standard InChI is InChI=1S/C20H24FN3O5S2/c1-14(15-2-6-18(7-3-15)30(22,26)27)23-20(25)16-10-12-24(13-11-16)31(28,29)19-8-4-17(21)5-9-19/h2-9,14,16H,10-13H2,1H3,(H,23,25)(H2,22,26,27)/t14-/m0/s1. The SMILES string of the molecule is C[C@H](NC(=O)C1CCN(S(=O)(=O)c2ccc(F)cc2)CC1)c1ccc(S(N)(=O)=O)cc1. The number of primary sulfonamides is 1. The predicted octanol–water partition coefficient (Wildman–Crippen LogP) is 1.75. The van der Waals surface area contributed by atoms with Gasteiger partial charge in [0.05, 0.1) is 15.8 Å². The van der Waals surface area contributed by atoms with Gasteiger partial charge in [0.25, 0.3) is 0 Å². The van der Waals surface area contributed by atoms with Crippen LogP contribution in [0.5, 0.6) is 0 Å². The molecule has 1 aliphatic rings. The highest BCUT2D eigenvalue weighted by atomic mass is 32.2. The molecular formula is C20H24FN3O5S2. The number of nitrogens with two attached hydrogens (primary N) is 1. The molecular weight excluding hydrogens is 445 g/mol. The van der Waals surface area contributed by atoms with Crippen LogP contribution in [0, 0.1) is 11.7 Å². The third-order valence-electron chi connectivity index (χ3n) is 5.34. The Morgan fingerprint density at radius 2 is 1.52 bits per heavy atom. The van der Waals surface area contributed by atoms with Crippen LogP contribution in [0.25, 0.3) is 0 Å². The molecule has 0 spiro atoms. The Hall–Kier alpha value is -2.34. The number of carbonyl (C=O) groups excluding carboxylic acids is 1. The van der Waals surface area contributed by atoms with E-state index >= 15 is 0 Å². The normalized spacial score (nSPS) is 17.3. The fourth-order valence-electron chi connectivity index (χ4n) is 3.47. The Morgan fingerprint density at radius 3 is 2.03 bits per heavy atom. The van der Waals surface area contributed by atoms with E-state index < -0.39 is 25.9 Å². The van der Waals surface area contributed by atoms with Crippen molar-refractivity contribution in [3.63, 3.8) is 0 Å². The summed E-state index contributed by atoms with van der Waals surface area (Å²) < 4.78 is 62.4. The first-order valence-corrected chi connectivity index (χ1v) is 12.7. The molecule has 0 aromatic heterocycles. The quantitative estimate of drug-likeness (QED) is 0.666. The van der Waals surface area contributed by atoms with Gasteiger partial charge >= 0.3 is 0 Å². The number of amides is 1. The Labute approximate surface area is 181 Å². The minimum absolute atomic E-state index is 0.00971. The zero-order valence-electron chi connectivity index (χ0n) is 16.9. The van der Waals surface area contributed by atoms with E-state index in [0.29, 0.717) is 12.8 Å². The first kappa shape index (κ1) is 23.3. The number of piperidine rings is 1. The van der Waals surface area contributed by atoms with E-state index in [9.17, 15) is 26.0 Å². The first-order chi connectivity index (χ1) is 14.5. The Balaban J connectivity index is 1.58. The van der Waals surface area contributed by atoms with E-state index in [4.69, 9.17) is 5.14 Å². The molecule has 31 heavy (non-hydrogen) atoms. The van der Waals surface area contributed by atoms with E-state index in [2.05, 4.69) is 5.32 Å². The van der Waals surface area contributed by atoms with Crippen LogP contribution in [-0.2, 0) is 24.8 Å². The summed E-state index contributed by atoms with van der Waals surface area (Å²) in [5.41, 5.74) is 0.720. The molecule has 1 amide bonds. The molecule has 8 nitrogen and oxygen atoms in total.